The molecule has 3 nitrogen and oxygen atoms in total. The highest BCUT2D eigenvalue weighted by molar-refractivity contribution is 8.03. The van der Waals surface area contributed by atoms with Gasteiger partial charge in [0.15, 0.2) is 0 Å². The van der Waals surface area contributed by atoms with Crippen molar-refractivity contribution in [3.63, 3.8) is 0 Å². The molecule has 0 aromatic heterocycles. The molecule has 0 aliphatic carbocycles. The molecule has 0 aliphatic rings. The van der Waals surface area contributed by atoms with Crippen molar-refractivity contribution in [3.05, 3.63) is 65.2 Å². The largest absolute Gasteiger partial charge is 0.392 e. The number of nitrogens with zero attached hydrogens (tertiary/aromatic N) is 1. The van der Waals surface area contributed by atoms with Crippen LogP contribution >= 0.6 is 11.8 Å². The van der Waals surface area contributed by atoms with Crippen molar-refractivity contribution in [1.82, 2.24) is 10.2 Å². The number of allylic oxidation sites excluding steroid dienone is 2. The fourth-order valence-corrected chi connectivity index (χ4v) is 2.97. The highest BCUT2D eigenvalue weighted by Gasteiger charge is 2.11. The van der Waals surface area contributed by atoms with Crippen molar-refractivity contribution in [3.8, 4) is 0 Å². The average Bonchev–Trinajstić information content (AvgIpc) is 2.52. The van der Waals surface area contributed by atoms with Gasteiger partial charge >= 0.3 is 0 Å². The highest BCUT2D eigenvalue weighted by atomic mass is 32.2. The van der Waals surface area contributed by atoms with E-state index in [4.69, 9.17) is 0 Å². The Hall–Kier alpha value is -1.49. The molecule has 2 N–H and O–H groups in total. The van der Waals surface area contributed by atoms with Gasteiger partial charge in [0.2, 0.25) is 0 Å². The van der Waals surface area contributed by atoms with E-state index in [0.29, 0.717) is 0 Å². The summed E-state index contributed by atoms with van der Waals surface area (Å²) in [5.74, 6) is 0. The molecule has 0 bridgehead atoms. The topological polar surface area (TPSA) is 35.5 Å². The van der Waals surface area contributed by atoms with Crippen LogP contribution < -0.4 is 5.32 Å². The zero-order valence-electron chi connectivity index (χ0n) is 13.7. The van der Waals surface area contributed by atoms with Gasteiger partial charge < -0.3 is 15.3 Å². The fraction of sp³-hybridized carbons (Fsp3) is 0.333. The van der Waals surface area contributed by atoms with E-state index in [0.717, 1.165) is 39.7 Å². The predicted molar refractivity (Wildman–Crippen MR) is 96.9 cm³/mol. The molecule has 0 heterocycles. The van der Waals surface area contributed by atoms with Gasteiger partial charge in [0, 0.05) is 35.6 Å². The molecule has 0 atom stereocenters. The molecular weight excluding hydrogens is 292 g/mol. The predicted octanol–water partition coefficient (Wildman–Crippen LogP) is 3.31. The van der Waals surface area contributed by atoms with E-state index >= 15 is 0 Å². The lowest BCUT2D eigenvalue weighted by Gasteiger charge is -2.23. The summed E-state index contributed by atoms with van der Waals surface area (Å²) in [5, 5.41) is 12.3. The van der Waals surface area contributed by atoms with E-state index in [2.05, 4.69) is 30.3 Å². The summed E-state index contributed by atoms with van der Waals surface area (Å²) in [6.45, 7) is 11.9. The summed E-state index contributed by atoms with van der Waals surface area (Å²) in [7, 11) is 3.98. The third kappa shape index (κ3) is 5.37. The third-order valence-corrected chi connectivity index (χ3v) is 4.62. The molecule has 22 heavy (non-hydrogen) atoms. The van der Waals surface area contributed by atoms with Gasteiger partial charge in [-0.2, -0.15) is 0 Å². The first-order valence-corrected chi connectivity index (χ1v) is 8.11. The van der Waals surface area contributed by atoms with E-state index < -0.39 is 0 Å². The molecule has 1 rings (SSSR count). The lowest BCUT2D eigenvalue weighted by Crippen LogP contribution is -2.26. The number of rotatable bonds is 9. The molecule has 0 radical (unpaired) electrons. The minimum Gasteiger partial charge on any atom is -0.392 e. The second kappa shape index (κ2) is 9.51. The maximum Gasteiger partial charge on any atom is 0.0681 e. The van der Waals surface area contributed by atoms with Crippen molar-refractivity contribution in [2.75, 3.05) is 27.2 Å². The molecule has 0 fully saturated rings. The normalized spacial score (nSPS) is 11.4. The van der Waals surface area contributed by atoms with Crippen molar-refractivity contribution in [2.24, 2.45) is 0 Å². The van der Waals surface area contributed by atoms with Gasteiger partial charge in [0.05, 0.1) is 6.61 Å². The van der Waals surface area contributed by atoms with Crippen LogP contribution in [0.5, 0.6) is 0 Å². The molecule has 1 aromatic rings. The third-order valence-electron chi connectivity index (χ3n) is 3.35. The number of hydrogen-bond acceptors (Lipinski definition) is 4. The molecule has 0 aliphatic heterocycles. The number of benzene rings is 1. The standard InChI is InChI=1S/C18H26N2OS/c1-6-7-18(15(3)20(5)11-10-19-4)22-17-9-8-16(13-21)12-14(17)2/h6-9,12,19,21H,1,3,10-11,13H2,2,4-5H3/b18-7+. The highest BCUT2D eigenvalue weighted by Crippen LogP contribution is 2.34. The number of aryl methyl sites for hydroxylation is 1. The summed E-state index contributed by atoms with van der Waals surface area (Å²) in [5.41, 5.74) is 3.06. The van der Waals surface area contributed by atoms with Crippen LogP contribution in [0.15, 0.2) is 59.0 Å². The van der Waals surface area contributed by atoms with Crippen LogP contribution in [0.2, 0.25) is 0 Å². The van der Waals surface area contributed by atoms with Crippen LogP contribution in [-0.4, -0.2) is 37.2 Å². The Morgan fingerprint density at radius 2 is 2.18 bits per heavy atom. The van der Waals surface area contributed by atoms with Gasteiger partial charge in [-0.15, -0.1) is 0 Å². The molecule has 4 heteroatoms. The Morgan fingerprint density at radius 1 is 1.45 bits per heavy atom. The molecule has 120 valence electrons. The smallest absolute Gasteiger partial charge is 0.0681 e. The van der Waals surface area contributed by atoms with E-state index in [1.54, 1.807) is 17.8 Å². The van der Waals surface area contributed by atoms with Crippen LogP contribution in [0, 0.1) is 6.92 Å². The number of likely N-dealkylation sites (N-methyl/N-ethyl adjacent to an activating group) is 2. The molecule has 0 saturated carbocycles. The number of nitrogens with one attached hydrogen (secondary N) is 1. The van der Waals surface area contributed by atoms with Crippen molar-refractivity contribution in [2.45, 2.75) is 18.4 Å². The maximum atomic E-state index is 9.20. The number of aliphatic hydroxyl groups is 1. The molecule has 0 saturated heterocycles. The van der Waals surface area contributed by atoms with Gasteiger partial charge in [-0.1, -0.05) is 43.1 Å². The first-order chi connectivity index (χ1) is 10.5. The molecule has 0 spiro atoms. The van der Waals surface area contributed by atoms with Crippen LogP contribution in [0.25, 0.3) is 0 Å². The van der Waals surface area contributed by atoms with Crippen molar-refractivity contribution < 1.29 is 5.11 Å². The average molecular weight is 318 g/mol. The number of hydrogen-bond donors (Lipinski definition) is 2. The zero-order chi connectivity index (χ0) is 16.5. The van der Waals surface area contributed by atoms with E-state index in [-0.39, 0.29) is 6.61 Å². The first kappa shape index (κ1) is 18.6. The van der Waals surface area contributed by atoms with E-state index in [1.807, 2.05) is 38.4 Å². The van der Waals surface area contributed by atoms with Gasteiger partial charge in [-0.25, -0.2) is 0 Å². The summed E-state index contributed by atoms with van der Waals surface area (Å²) >= 11 is 1.68. The van der Waals surface area contributed by atoms with Crippen molar-refractivity contribution in [1.29, 1.82) is 0 Å². The number of thioether (sulfide) groups is 1. The van der Waals surface area contributed by atoms with Gasteiger partial charge in [0.25, 0.3) is 0 Å². The quantitative estimate of drug-likeness (QED) is 0.541. The number of aliphatic hydroxyl groups excluding tert-OH is 1. The molecule has 0 unspecified atom stereocenters. The van der Waals surface area contributed by atoms with Gasteiger partial charge in [-0.3, -0.25) is 0 Å². The van der Waals surface area contributed by atoms with E-state index in [9.17, 15) is 5.11 Å². The summed E-state index contributed by atoms with van der Waals surface area (Å²) in [4.78, 5) is 4.37. The van der Waals surface area contributed by atoms with Crippen LogP contribution in [0.1, 0.15) is 11.1 Å². The minimum atomic E-state index is 0.0700. The first-order valence-electron chi connectivity index (χ1n) is 7.29. The second-order valence-electron chi connectivity index (χ2n) is 5.10. The Bertz CT molecular complexity index is 552. The Morgan fingerprint density at radius 3 is 2.73 bits per heavy atom. The van der Waals surface area contributed by atoms with Crippen LogP contribution in [0.4, 0.5) is 0 Å². The summed E-state index contributed by atoms with van der Waals surface area (Å²) in [6.07, 6.45) is 3.78. The molecular formula is C18H26N2OS. The van der Waals surface area contributed by atoms with Crippen molar-refractivity contribution >= 4 is 11.8 Å². The van der Waals surface area contributed by atoms with Gasteiger partial charge in [0.1, 0.15) is 0 Å². The van der Waals surface area contributed by atoms with E-state index in [1.165, 1.54) is 0 Å². The Labute approximate surface area is 138 Å². The molecule has 0 amide bonds. The lowest BCUT2D eigenvalue weighted by molar-refractivity contribution is 0.281. The SMILES string of the molecule is C=C/C=C(/Sc1ccc(CO)cc1C)C(=C)N(C)CCNC. The van der Waals surface area contributed by atoms with Crippen LogP contribution in [-0.2, 0) is 6.61 Å². The summed E-state index contributed by atoms with van der Waals surface area (Å²) in [6, 6.07) is 6.01. The van der Waals surface area contributed by atoms with Crippen LogP contribution in [0.3, 0.4) is 0 Å². The Kier molecular flexibility index (Phi) is 8.02. The second-order valence-corrected chi connectivity index (χ2v) is 6.18. The zero-order valence-corrected chi connectivity index (χ0v) is 14.5. The monoisotopic (exact) mass is 318 g/mol. The minimum absolute atomic E-state index is 0.0700. The van der Waals surface area contributed by atoms with Gasteiger partial charge in [-0.05, 0) is 37.2 Å². The molecule has 1 aromatic carbocycles. The summed E-state index contributed by atoms with van der Waals surface area (Å²) < 4.78 is 0. The maximum absolute atomic E-state index is 9.20. The Balaban J connectivity index is 2.91. The lowest BCUT2D eigenvalue weighted by atomic mass is 10.1. The fourth-order valence-electron chi connectivity index (χ4n) is 1.94.